The topological polar surface area (TPSA) is 74.0 Å². The summed E-state index contributed by atoms with van der Waals surface area (Å²) in [6.07, 6.45) is 2.26. The first-order valence-electron chi connectivity index (χ1n) is 9.96. The smallest absolute Gasteiger partial charge is 0.262 e. The molecule has 2 aromatic carbocycles. The quantitative estimate of drug-likeness (QED) is 0.365. The summed E-state index contributed by atoms with van der Waals surface area (Å²) in [5.74, 6) is -0.506. The van der Waals surface area contributed by atoms with Crippen molar-refractivity contribution in [1.29, 1.82) is 0 Å². The number of rotatable bonds is 7. The lowest BCUT2D eigenvalue weighted by Gasteiger charge is -2.21. The molecule has 0 aliphatic carbocycles. The molecule has 3 N–H and O–H groups in total. The highest BCUT2D eigenvalue weighted by Crippen LogP contribution is 2.21. The van der Waals surface area contributed by atoms with Crippen LogP contribution in [0.2, 0.25) is 5.02 Å². The number of carbonyl (C=O) groups excluding carboxylic acids is 2. The first kappa shape index (κ1) is 21.2. The highest BCUT2D eigenvalue weighted by Gasteiger charge is 2.25. The average molecular weight is 452 g/mol. The molecular weight excluding hydrogens is 430 g/mol. The van der Waals surface area contributed by atoms with Crippen LogP contribution in [0.4, 0.5) is 0 Å². The van der Waals surface area contributed by atoms with Crippen LogP contribution in [0.15, 0.2) is 72.2 Å². The molecule has 7 heteroatoms. The molecule has 0 radical (unpaired) electrons. The van der Waals surface area contributed by atoms with Crippen molar-refractivity contribution in [2.24, 2.45) is 0 Å². The minimum absolute atomic E-state index is 0.248. The molecule has 2 amide bonds. The Hall–Kier alpha value is -3.09. The second kappa shape index (κ2) is 9.37. The SMILES string of the molecule is CC(NC(=O)[C@H](Cc1c[nH]c2ccccc12)NC(=O)c1cccs1)c1cccc(Cl)c1. The molecule has 4 aromatic rings. The van der Waals surface area contributed by atoms with Gasteiger partial charge in [0.1, 0.15) is 6.04 Å². The number of benzene rings is 2. The van der Waals surface area contributed by atoms with Crippen molar-refractivity contribution in [2.75, 3.05) is 0 Å². The van der Waals surface area contributed by atoms with Gasteiger partial charge in [0.15, 0.2) is 0 Å². The van der Waals surface area contributed by atoms with Gasteiger partial charge in [-0.3, -0.25) is 9.59 Å². The predicted octanol–water partition coefficient (Wildman–Crippen LogP) is 5.10. The van der Waals surface area contributed by atoms with E-state index in [2.05, 4.69) is 15.6 Å². The van der Waals surface area contributed by atoms with Gasteiger partial charge < -0.3 is 15.6 Å². The molecule has 0 bridgehead atoms. The highest BCUT2D eigenvalue weighted by atomic mass is 35.5. The number of amides is 2. The van der Waals surface area contributed by atoms with Crippen LogP contribution < -0.4 is 10.6 Å². The number of aromatic nitrogens is 1. The van der Waals surface area contributed by atoms with Gasteiger partial charge in [-0.1, -0.05) is 48.0 Å². The molecule has 2 heterocycles. The number of para-hydroxylation sites is 1. The number of thiophene rings is 1. The fourth-order valence-electron chi connectivity index (χ4n) is 3.54. The summed E-state index contributed by atoms with van der Waals surface area (Å²) in [5.41, 5.74) is 2.86. The van der Waals surface area contributed by atoms with Crippen LogP contribution >= 0.6 is 22.9 Å². The van der Waals surface area contributed by atoms with E-state index in [1.54, 1.807) is 12.1 Å². The van der Waals surface area contributed by atoms with Crippen molar-refractivity contribution in [3.63, 3.8) is 0 Å². The van der Waals surface area contributed by atoms with E-state index < -0.39 is 6.04 Å². The van der Waals surface area contributed by atoms with E-state index in [4.69, 9.17) is 11.6 Å². The van der Waals surface area contributed by atoms with Crippen LogP contribution in [0.1, 0.15) is 33.8 Å². The molecule has 0 spiro atoms. The Morgan fingerprint density at radius 3 is 2.68 bits per heavy atom. The van der Waals surface area contributed by atoms with Gasteiger partial charge in [-0.05, 0) is 47.7 Å². The second-order valence-corrected chi connectivity index (χ2v) is 8.74. The Kier molecular flexibility index (Phi) is 6.39. The normalized spacial score (nSPS) is 13.0. The van der Waals surface area contributed by atoms with Crippen LogP contribution in [0.3, 0.4) is 0 Å². The number of fused-ring (bicyclic) bond motifs is 1. The van der Waals surface area contributed by atoms with E-state index in [9.17, 15) is 9.59 Å². The van der Waals surface area contributed by atoms with Crippen LogP contribution in [-0.2, 0) is 11.2 Å². The van der Waals surface area contributed by atoms with Gasteiger partial charge >= 0.3 is 0 Å². The van der Waals surface area contributed by atoms with Gasteiger partial charge in [0.2, 0.25) is 5.91 Å². The maximum absolute atomic E-state index is 13.2. The highest BCUT2D eigenvalue weighted by molar-refractivity contribution is 7.12. The maximum atomic E-state index is 13.2. The molecule has 0 aliphatic heterocycles. The fourth-order valence-corrected chi connectivity index (χ4v) is 4.37. The molecule has 5 nitrogen and oxygen atoms in total. The van der Waals surface area contributed by atoms with Crippen LogP contribution in [0.25, 0.3) is 10.9 Å². The molecule has 31 heavy (non-hydrogen) atoms. The molecule has 2 atom stereocenters. The van der Waals surface area contributed by atoms with E-state index >= 15 is 0 Å². The largest absolute Gasteiger partial charge is 0.361 e. The van der Waals surface area contributed by atoms with Gasteiger partial charge in [0.05, 0.1) is 10.9 Å². The number of aromatic amines is 1. The van der Waals surface area contributed by atoms with Crippen molar-refractivity contribution in [2.45, 2.75) is 25.4 Å². The Morgan fingerprint density at radius 2 is 1.90 bits per heavy atom. The predicted molar refractivity (Wildman–Crippen MR) is 126 cm³/mol. The summed E-state index contributed by atoms with van der Waals surface area (Å²) in [6.45, 7) is 1.90. The van der Waals surface area contributed by atoms with Crippen LogP contribution in [-0.4, -0.2) is 22.8 Å². The van der Waals surface area contributed by atoms with Crippen LogP contribution in [0, 0.1) is 0 Å². The van der Waals surface area contributed by atoms with Crippen molar-refractivity contribution in [3.05, 3.63) is 93.3 Å². The second-order valence-electron chi connectivity index (χ2n) is 7.35. The Balaban J connectivity index is 1.56. The van der Waals surface area contributed by atoms with Gasteiger partial charge in [0, 0.05) is 28.5 Å². The third-order valence-electron chi connectivity index (χ3n) is 5.17. The molecule has 1 unspecified atom stereocenters. The number of H-pyrrole nitrogens is 1. The molecule has 0 fully saturated rings. The van der Waals surface area contributed by atoms with Gasteiger partial charge in [-0.25, -0.2) is 0 Å². The van der Waals surface area contributed by atoms with Gasteiger partial charge in [-0.15, -0.1) is 11.3 Å². The Bertz CT molecular complexity index is 1200. The molecule has 2 aromatic heterocycles. The van der Waals surface area contributed by atoms with Gasteiger partial charge in [0.25, 0.3) is 5.91 Å². The van der Waals surface area contributed by atoms with E-state index in [1.165, 1.54) is 11.3 Å². The third kappa shape index (κ3) is 4.98. The zero-order valence-electron chi connectivity index (χ0n) is 16.9. The number of carbonyl (C=O) groups is 2. The molecule has 0 saturated heterocycles. The molecule has 0 saturated carbocycles. The minimum Gasteiger partial charge on any atom is -0.361 e. The lowest BCUT2D eigenvalue weighted by Crippen LogP contribution is -2.48. The first-order valence-corrected chi connectivity index (χ1v) is 11.2. The number of hydrogen-bond acceptors (Lipinski definition) is 3. The Morgan fingerprint density at radius 1 is 1.06 bits per heavy atom. The summed E-state index contributed by atoms with van der Waals surface area (Å²) in [5, 5.41) is 9.41. The number of halogens is 1. The lowest BCUT2D eigenvalue weighted by molar-refractivity contribution is -0.123. The molecular formula is C24H22ClN3O2S. The van der Waals surface area contributed by atoms with Crippen LogP contribution in [0.5, 0.6) is 0 Å². The van der Waals surface area contributed by atoms with Crippen molar-refractivity contribution in [1.82, 2.24) is 15.6 Å². The van der Waals surface area contributed by atoms with Crippen molar-refractivity contribution < 1.29 is 9.59 Å². The summed E-state index contributed by atoms with van der Waals surface area (Å²) < 4.78 is 0. The molecule has 158 valence electrons. The Labute approximate surface area is 189 Å². The van der Waals surface area contributed by atoms with E-state index in [0.29, 0.717) is 16.3 Å². The van der Waals surface area contributed by atoms with E-state index in [0.717, 1.165) is 22.0 Å². The first-order chi connectivity index (χ1) is 15.0. The molecule has 0 aliphatic rings. The lowest BCUT2D eigenvalue weighted by atomic mass is 10.0. The summed E-state index contributed by atoms with van der Waals surface area (Å²) in [6, 6.07) is 17.9. The zero-order valence-corrected chi connectivity index (χ0v) is 18.5. The van der Waals surface area contributed by atoms with Crippen molar-refractivity contribution >= 4 is 45.7 Å². The summed E-state index contributed by atoms with van der Waals surface area (Å²) in [4.78, 5) is 29.7. The van der Waals surface area contributed by atoms with Crippen molar-refractivity contribution in [3.8, 4) is 0 Å². The summed E-state index contributed by atoms with van der Waals surface area (Å²) in [7, 11) is 0. The average Bonchev–Trinajstić information content (AvgIpc) is 3.44. The number of hydrogen-bond donors (Lipinski definition) is 3. The standard InChI is InChI=1S/C24H22ClN3O2S/c1-15(16-6-4-7-18(25)12-16)27-23(29)21(28-24(30)22-10-5-11-31-22)13-17-14-26-20-9-3-2-8-19(17)20/h2-12,14-15,21,26H,13H2,1H3,(H,27,29)(H,28,30)/t15?,21-/m0/s1. The maximum Gasteiger partial charge on any atom is 0.262 e. The minimum atomic E-state index is -0.726. The fraction of sp³-hybridized carbons (Fsp3) is 0.167. The summed E-state index contributed by atoms with van der Waals surface area (Å²) >= 11 is 7.44. The zero-order chi connectivity index (χ0) is 21.8. The monoisotopic (exact) mass is 451 g/mol. The van der Waals surface area contributed by atoms with E-state index in [1.807, 2.05) is 67.0 Å². The van der Waals surface area contributed by atoms with Gasteiger partial charge in [-0.2, -0.15) is 0 Å². The van der Waals surface area contributed by atoms with E-state index in [-0.39, 0.29) is 17.9 Å². The third-order valence-corrected chi connectivity index (χ3v) is 6.28. The number of nitrogens with one attached hydrogen (secondary N) is 3. The molecule has 4 rings (SSSR count).